The van der Waals surface area contributed by atoms with Crippen LogP contribution in [0, 0.1) is 0 Å². The number of nitrogens with two attached hydrogens (primary N) is 1. The second-order valence-corrected chi connectivity index (χ2v) is 4.49. The van der Waals surface area contributed by atoms with Crippen LogP contribution in [-0.2, 0) is 4.79 Å². The molecule has 0 atom stereocenters. The van der Waals surface area contributed by atoms with Crippen molar-refractivity contribution < 1.29 is 9.53 Å². The molecule has 0 bridgehead atoms. The zero-order valence-electron chi connectivity index (χ0n) is 10.9. The van der Waals surface area contributed by atoms with E-state index in [2.05, 4.69) is 10.3 Å². The zero-order chi connectivity index (χ0) is 14.5. The van der Waals surface area contributed by atoms with Gasteiger partial charge in [0.15, 0.2) is 6.61 Å². The lowest BCUT2D eigenvalue weighted by Gasteiger charge is -2.09. The summed E-state index contributed by atoms with van der Waals surface area (Å²) in [6.07, 6.45) is 1.50. The standard InChI is InChI=1S/C14H14ClN3O2/c1-17-14(19)8-20-10-4-2-3-9(5-10)11-6-13(16)18-7-12(11)15/h2-7H,8H2,1H3,(H2,16,18)(H,17,19). The van der Waals surface area contributed by atoms with Gasteiger partial charge in [-0.2, -0.15) is 0 Å². The van der Waals surface area contributed by atoms with E-state index in [1.54, 1.807) is 25.2 Å². The van der Waals surface area contributed by atoms with Crippen LogP contribution in [0.2, 0.25) is 5.02 Å². The molecule has 3 N–H and O–H groups in total. The van der Waals surface area contributed by atoms with Crippen molar-refractivity contribution in [2.75, 3.05) is 19.4 Å². The highest BCUT2D eigenvalue weighted by atomic mass is 35.5. The number of benzene rings is 1. The lowest BCUT2D eigenvalue weighted by molar-refractivity contribution is -0.122. The zero-order valence-corrected chi connectivity index (χ0v) is 11.6. The molecule has 0 saturated heterocycles. The third kappa shape index (κ3) is 3.39. The fraction of sp³-hybridized carbons (Fsp3) is 0.143. The van der Waals surface area contributed by atoms with Crippen molar-refractivity contribution in [2.24, 2.45) is 0 Å². The first-order valence-corrected chi connectivity index (χ1v) is 6.33. The summed E-state index contributed by atoms with van der Waals surface area (Å²) in [5.41, 5.74) is 7.28. The predicted molar refractivity (Wildman–Crippen MR) is 78.7 cm³/mol. The average Bonchev–Trinajstić information content (AvgIpc) is 2.47. The van der Waals surface area contributed by atoms with E-state index < -0.39 is 0 Å². The average molecular weight is 292 g/mol. The summed E-state index contributed by atoms with van der Waals surface area (Å²) in [6.45, 7) is -0.0355. The molecule has 0 fully saturated rings. The maximum atomic E-state index is 11.2. The van der Waals surface area contributed by atoms with Gasteiger partial charge in [-0.05, 0) is 23.8 Å². The van der Waals surface area contributed by atoms with Gasteiger partial charge in [-0.25, -0.2) is 4.98 Å². The Hall–Kier alpha value is -2.27. The topological polar surface area (TPSA) is 77.2 Å². The van der Waals surface area contributed by atoms with Gasteiger partial charge in [-0.3, -0.25) is 4.79 Å². The number of nitrogens with one attached hydrogen (secondary N) is 1. The van der Waals surface area contributed by atoms with Gasteiger partial charge < -0.3 is 15.8 Å². The Kier molecular flexibility index (Phi) is 4.42. The number of carbonyl (C=O) groups is 1. The molecule has 1 heterocycles. The van der Waals surface area contributed by atoms with Gasteiger partial charge in [-0.1, -0.05) is 23.7 Å². The first-order valence-electron chi connectivity index (χ1n) is 5.95. The molecule has 5 nitrogen and oxygen atoms in total. The molecule has 6 heteroatoms. The molecule has 1 aromatic carbocycles. The van der Waals surface area contributed by atoms with Crippen molar-refractivity contribution in [3.05, 3.63) is 41.6 Å². The molecule has 1 aromatic heterocycles. The van der Waals surface area contributed by atoms with Crippen LogP contribution in [0.1, 0.15) is 0 Å². The maximum Gasteiger partial charge on any atom is 0.257 e. The minimum Gasteiger partial charge on any atom is -0.484 e. The number of carbonyl (C=O) groups excluding carboxylic acids is 1. The molecule has 0 unspecified atom stereocenters. The van der Waals surface area contributed by atoms with E-state index in [9.17, 15) is 4.79 Å². The molecule has 0 radical (unpaired) electrons. The molecular weight excluding hydrogens is 278 g/mol. The smallest absolute Gasteiger partial charge is 0.257 e. The second kappa shape index (κ2) is 6.25. The number of nitrogen functional groups attached to an aromatic ring is 1. The number of amides is 1. The van der Waals surface area contributed by atoms with Crippen LogP contribution in [0.15, 0.2) is 36.5 Å². The van der Waals surface area contributed by atoms with Crippen LogP contribution >= 0.6 is 11.6 Å². The molecule has 2 aromatic rings. The molecular formula is C14H14ClN3O2. The molecule has 20 heavy (non-hydrogen) atoms. The molecule has 0 aliphatic carbocycles. The number of hydrogen-bond donors (Lipinski definition) is 2. The molecule has 104 valence electrons. The van der Waals surface area contributed by atoms with Gasteiger partial charge in [0.25, 0.3) is 5.91 Å². The number of anilines is 1. The fourth-order valence-electron chi connectivity index (χ4n) is 1.65. The van der Waals surface area contributed by atoms with Gasteiger partial charge in [-0.15, -0.1) is 0 Å². The highest BCUT2D eigenvalue weighted by Crippen LogP contribution is 2.30. The molecule has 1 amide bonds. The summed E-state index contributed by atoms with van der Waals surface area (Å²) >= 11 is 6.11. The number of halogens is 1. The predicted octanol–water partition coefficient (Wildman–Crippen LogP) is 2.11. The van der Waals surface area contributed by atoms with Crippen LogP contribution in [0.25, 0.3) is 11.1 Å². The summed E-state index contributed by atoms with van der Waals surface area (Å²) in [4.78, 5) is 15.1. The van der Waals surface area contributed by atoms with Gasteiger partial charge in [0, 0.05) is 18.8 Å². The first-order chi connectivity index (χ1) is 9.60. The third-order valence-electron chi connectivity index (χ3n) is 2.67. The molecule has 0 saturated carbocycles. The number of hydrogen-bond acceptors (Lipinski definition) is 4. The largest absolute Gasteiger partial charge is 0.484 e. The highest BCUT2D eigenvalue weighted by Gasteiger charge is 2.07. The van der Waals surface area contributed by atoms with Crippen LogP contribution in [-0.4, -0.2) is 24.5 Å². The van der Waals surface area contributed by atoms with Crippen LogP contribution < -0.4 is 15.8 Å². The van der Waals surface area contributed by atoms with Crippen LogP contribution in [0.3, 0.4) is 0 Å². The van der Waals surface area contributed by atoms with Crippen molar-refractivity contribution in [3.63, 3.8) is 0 Å². The monoisotopic (exact) mass is 291 g/mol. The Morgan fingerprint density at radius 2 is 2.25 bits per heavy atom. The Morgan fingerprint density at radius 1 is 1.45 bits per heavy atom. The number of nitrogens with zero attached hydrogens (tertiary/aromatic N) is 1. The van der Waals surface area contributed by atoms with E-state index in [4.69, 9.17) is 22.1 Å². The highest BCUT2D eigenvalue weighted by molar-refractivity contribution is 6.33. The Morgan fingerprint density at radius 3 is 3.00 bits per heavy atom. The van der Waals surface area contributed by atoms with E-state index in [1.165, 1.54) is 6.20 Å². The van der Waals surface area contributed by atoms with E-state index in [0.29, 0.717) is 16.6 Å². The second-order valence-electron chi connectivity index (χ2n) is 4.08. The third-order valence-corrected chi connectivity index (χ3v) is 2.97. The summed E-state index contributed by atoms with van der Waals surface area (Å²) in [6, 6.07) is 8.96. The molecule has 0 spiro atoms. The molecule has 0 aliphatic rings. The molecule has 0 aliphatic heterocycles. The van der Waals surface area contributed by atoms with Crippen molar-refractivity contribution >= 4 is 23.3 Å². The number of likely N-dealkylation sites (N-methyl/N-ethyl adjacent to an activating group) is 1. The first kappa shape index (κ1) is 14.1. The van der Waals surface area contributed by atoms with E-state index in [-0.39, 0.29) is 12.5 Å². The van der Waals surface area contributed by atoms with E-state index in [0.717, 1.165) is 11.1 Å². The lowest BCUT2D eigenvalue weighted by atomic mass is 10.1. The van der Waals surface area contributed by atoms with Crippen molar-refractivity contribution in [1.29, 1.82) is 0 Å². The van der Waals surface area contributed by atoms with Crippen LogP contribution in [0.4, 0.5) is 5.82 Å². The van der Waals surface area contributed by atoms with Gasteiger partial charge in [0.2, 0.25) is 0 Å². The van der Waals surface area contributed by atoms with Crippen molar-refractivity contribution in [3.8, 4) is 16.9 Å². The number of ether oxygens (including phenoxy) is 1. The maximum absolute atomic E-state index is 11.2. The van der Waals surface area contributed by atoms with Gasteiger partial charge in [0.1, 0.15) is 11.6 Å². The normalized spacial score (nSPS) is 10.1. The SMILES string of the molecule is CNC(=O)COc1cccc(-c2cc(N)ncc2Cl)c1. The minimum atomic E-state index is -0.193. The Labute approximate surface area is 121 Å². The van der Waals surface area contributed by atoms with Crippen molar-refractivity contribution in [1.82, 2.24) is 10.3 Å². The number of rotatable bonds is 4. The van der Waals surface area contributed by atoms with Crippen LogP contribution in [0.5, 0.6) is 5.75 Å². The Bertz CT molecular complexity index is 632. The summed E-state index contributed by atoms with van der Waals surface area (Å²) in [7, 11) is 1.56. The quantitative estimate of drug-likeness (QED) is 0.904. The lowest BCUT2D eigenvalue weighted by Crippen LogP contribution is -2.24. The van der Waals surface area contributed by atoms with Gasteiger partial charge in [0.05, 0.1) is 5.02 Å². The summed E-state index contributed by atoms with van der Waals surface area (Å²) in [5.74, 6) is 0.778. The fourth-order valence-corrected chi connectivity index (χ4v) is 1.86. The number of pyridine rings is 1. The van der Waals surface area contributed by atoms with Crippen molar-refractivity contribution in [2.45, 2.75) is 0 Å². The summed E-state index contributed by atoms with van der Waals surface area (Å²) < 4.78 is 5.39. The minimum absolute atomic E-state index is 0.0355. The van der Waals surface area contributed by atoms with E-state index in [1.807, 2.05) is 12.1 Å². The van der Waals surface area contributed by atoms with Gasteiger partial charge >= 0.3 is 0 Å². The Balaban J connectivity index is 2.25. The van der Waals surface area contributed by atoms with E-state index >= 15 is 0 Å². The summed E-state index contributed by atoms with van der Waals surface area (Å²) in [5, 5.41) is 2.99. The molecule has 2 rings (SSSR count). The number of aromatic nitrogens is 1.